The van der Waals surface area contributed by atoms with Crippen molar-refractivity contribution in [1.82, 2.24) is 14.5 Å². The molecule has 1 unspecified atom stereocenters. The lowest BCUT2D eigenvalue weighted by Gasteiger charge is -2.08. The molecule has 1 aromatic rings. The Balaban J connectivity index is 2.84. The van der Waals surface area contributed by atoms with Crippen LogP contribution in [0, 0.1) is 0 Å². The predicted molar refractivity (Wildman–Crippen MR) is 65.2 cm³/mol. The molecule has 8 nitrogen and oxygen atoms in total. The Kier molecular flexibility index (Phi) is 5.08. The van der Waals surface area contributed by atoms with E-state index in [1.807, 2.05) is 6.92 Å². The summed E-state index contributed by atoms with van der Waals surface area (Å²) in [6.45, 7) is 1.70. The zero-order valence-corrected chi connectivity index (χ0v) is 10.9. The SMILES string of the molecule is CCCn1cc(S(=O)(=O)NCC(O)CO)c(N)n1. The minimum absolute atomic E-state index is 0.0885. The van der Waals surface area contributed by atoms with Crippen LogP contribution in [0.1, 0.15) is 13.3 Å². The average Bonchev–Trinajstić information content (AvgIpc) is 2.68. The van der Waals surface area contributed by atoms with Crippen molar-refractivity contribution in [1.29, 1.82) is 0 Å². The summed E-state index contributed by atoms with van der Waals surface area (Å²) in [5.41, 5.74) is 5.53. The summed E-state index contributed by atoms with van der Waals surface area (Å²) < 4.78 is 27.3. The molecule has 0 saturated carbocycles. The molecule has 0 radical (unpaired) electrons. The smallest absolute Gasteiger partial charge is 0.245 e. The first-order chi connectivity index (χ1) is 8.40. The molecular weight excluding hydrogens is 260 g/mol. The molecular formula is C9H18N4O4S. The number of aryl methyl sites for hydroxylation is 1. The summed E-state index contributed by atoms with van der Waals surface area (Å²) >= 11 is 0. The second-order valence-corrected chi connectivity index (χ2v) is 5.57. The molecule has 0 spiro atoms. The highest BCUT2D eigenvalue weighted by Gasteiger charge is 2.21. The maximum atomic E-state index is 11.9. The zero-order valence-electron chi connectivity index (χ0n) is 10.1. The van der Waals surface area contributed by atoms with E-state index in [9.17, 15) is 8.42 Å². The number of nitrogens with two attached hydrogens (primary N) is 1. The van der Waals surface area contributed by atoms with Gasteiger partial charge in [-0.2, -0.15) is 5.10 Å². The van der Waals surface area contributed by atoms with E-state index in [1.165, 1.54) is 10.9 Å². The van der Waals surface area contributed by atoms with Crippen LogP contribution in [0.15, 0.2) is 11.1 Å². The Morgan fingerprint density at radius 2 is 2.28 bits per heavy atom. The topological polar surface area (TPSA) is 130 Å². The Morgan fingerprint density at radius 3 is 2.83 bits per heavy atom. The highest BCUT2D eigenvalue weighted by molar-refractivity contribution is 7.89. The van der Waals surface area contributed by atoms with Crippen molar-refractivity contribution < 1.29 is 18.6 Å². The molecule has 0 saturated heterocycles. The maximum absolute atomic E-state index is 11.9. The minimum Gasteiger partial charge on any atom is -0.394 e. The van der Waals surface area contributed by atoms with E-state index >= 15 is 0 Å². The molecule has 1 rings (SSSR count). The average molecular weight is 278 g/mol. The normalized spacial score (nSPS) is 13.7. The number of aromatic nitrogens is 2. The minimum atomic E-state index is -3.82. The van der Waals surface area contributed by atoms with Crippen molar-refractivity contribution in [2.24, 2.45) is 0 Å². The summed E-state index contributed by atoms with van der Waals surface area (Å²) in [6, 6.07) is 0. The molecule has 0 aliphatic carbocycles. The van der Waals surface area contributed by atoms with Gasteiger partial charge >= 0.3 is 0 Å². The first kappa shape index (κ1) is 14.9. The van der Waals surface area contributed by atoms with Crippen LogP contribution in [0.2, 0.25) is 0 Å². The Morgan fingerprint density at radius 1 is 1.61 bits per heavy atom. The van der Waals surface area contributed by atoms with E-state index in [1.54, 1.807) is 0 Å². The van der Waals surface area contributed by atoms with Gasteiger partial charge in [-0.1, -0.05) is 6.92 Å². The van der Waals surface area contributed by atoms with Gasteiger partial charge in [0.25, 0.3) is 0 Å². The fourth-order valence-electron chi connectivity index (χ4n) is 1.32. The fraction of sp³-hybridized carbons (Fsp3) is 0.667. The maximum Gasteiger partial charge on any atom is 0.245 e. The van der Waals surface area contributed by atoms with Gasteiger partial charge in [0.1, 0.15) is 4.90 Å². The number of hydrogen-bond donors (Lipinski definition) is 4. The molecule has 0 amide bonds. The molecule has 0 aliphatic rings. The number of nitrogen functional groups attached to an aromatic ring is 1. The second kappa shape index (κ2) is 6.14. The number of hydrogen-bond acceptors (Lipinski definition) is 6. The molecule has 0 aromatic carbocycles. The second-order valence-electron chi connectivity index (χ2n) is 3.83. The fourth-order valence-corrected chi connectivity index (χ4v) is 2.46. The molecule has 0 aliphatic heterocycles. The molecule has 5 N–H and O–H groups in total. The van der Waals surface area contributed by atoms with E-state index in [0.717, 1.165) is 6.42 Å². The van der Waals surface area contributed by atoms with Crippen LogP contribution in [-0.2, 0) is 16.6 Å². The first-order valence-corrected chi connectivity index (χ1v) is 7.00. The first-order valence-electron chi connectivity index (χ1n) is 5.52. The van der Waals surface area contributed by atoms with Crippen molar-refractivity contribution >= 4 is 15.8 Å². The third kappa shape index (κ3) is 3.67. The van der Waals surface area contributed by atoms with Crippen molar-refractivity contribution in [3.05, 3.63) is 6.20 Å². The van der Waals surface area contributed by atoms with E-state index < -0.39 is 22.7 Å². The summed E-state index contributed by atoms with van der Waals surface area (Å²) in [4.78, 5) is -0.124. The summed E-state index contributed by atoms with van der Waals surface area (Å²) in [6.07, 6.45) is 0.996. The van der Waals surface area contributed by atoms with Gasteiger partial charge in [-0.25, -0.2) is 13.1 Å². The lowest BCUT2D eigenvalue weighted by atomic mass is 10.4. The van der Waals surface area contributed by atoms with Crippen LogP contribution < -0.4 is 10.5 Å². The van der Waals surface area contributed by atoms with Crippen molar-refractivity contribution in [3.8, 4) is 0 Å². The highest BCUT2D eigenvalue weighted by atomic mass is 32.2. The predicted octanol–water partition coefficient (Wildman–Crippen LogP) is -1.49. The van der Waals surface area contributed by atoms with Gasteiger partial charge in [0.05, 0.1) is 12.7 Å². The van der Waals surface area contributed by atoms with Crippen LogP contribution in [0.3, 0.4) is 0 Å². The summed E-state index contributed by atoms with van der Waals surface area (Å²) in [5.74, 6) is -0.0885. The van der Waals surface area contributed by atoms with Gasteiger partial charge < -0.3 is 15.9 Å². The van der Waals surface area contributed by atoms with Crippen molar-refractivity contribution in [3.63, 3.8) is 0 Å². The number of nitrogens with one attached hydrogen (secondary N) is 1. The Bertz CT molecular complexity index is 485. The molecule has 1 atom stereocenters. The van der Waals surface area contributed by atoms with Crippen molar-refractivity contribution in [2.75, 3.05) is 18.9 Å². The van der Waals surface area contributed by atoms with E-state index in [-0.39, 0.29) is 17.3 Å². The monoisotopic (exact) mass is 278 g/mol. The van der Waals surface area contributed by atoms with Crippen LogP contribution in [-0.4, -0.2) is 47.7 Å². The van der Waals surface area contributed by atoms with E-state index in [2.05, 4.69) is 9.82 Å². The molecule has 1 heterocycles. The molecule has 104 valence electrons. The Hall–Kier alpha value is -1.16. The van der Waals surface area contributed by atoms with Crippen LogP contribution in [0.4, 0.5) is 5.82 Å². The van der Waals surface area contributed by atoms with E-state index in [4.69, 9.17) is 15.9 Å². The molecule has 0 fully saturated rings. The zero-order chi connectivity index (χ0) is 13.8. The standard InChI is InChI=1S/C9H18N4O4S/c1-2-3-13-5-8(9(10)12-13)18(16,17)11-4-7(15)6-14/h5,7,11,14-15H,2-4,6H2,1H3,(H2,10,12). The lowest BCUT2D eigenvalue weighted by Crippen LogP contribution is -2.34. The molecule has 1 aromatic heterocycles. The number of aliphatic hydroxyl groups excluding tert-OH is 2. The van der Waals surface area contributed by atoms with E-state index in [0.29, 0.717) is 6.54 Å². The van der Waals surface area contributed by atoms with Crippen LogP contribution in [0.5, 0.6) is 0 Å². The van der Waals surface area contributed by atoms with Gasteiger partial charge in [0.15, 0.2) is 5.82 Å². The summed E-state index contributed by atoms with van der Waals surface area (Å²) in [5, 5.41) is 21.6. The third-order valence-electron chi connectivity index (χ3n) is 2.22. The molecule has 18 heavy (non-hydrogen) atoms. The number of nitrogens with zero attached hydrogens (tertiary/aromatic N) is 2. The van der Waals surface area contributed by atoms with Gasteiger partial charge in [-0.3, -0.25) is 4.68 Å². The molecule has 0 bridgehead atoms. The summed E-state index contributed by atoms with van der Waals surface area (Å²) in [7, 11) is -3.82. The molecule has 9 heteroatoms. The lowest BCUT2D eigenvalue weighted by molar-refractivity contribution is 0.0988. The number of aliphatic hydroxyl groups is 2. The number of anilines is 1. The largest absolute Gasteiger partial charge is 0.394 e. The number of rotatable bonds is 7. The third-order valence-corrected chi connectivity index (χ3v) is 3.66. The van der Waals surface area contributed by atoms with Gasteiger partial charge in [0.2, 0.25) is 10.0 Å². The van der Waals surface area contributed by atoms with Crippen LogP contribution in [0.25, 0.3) is 0 Å². The quantitative estimate of drug-likeness (QED) is 0.480. The van der Waals surface area contributed by atoms with Gasteiger partial charge in [-0.05, 0) is 6.42 Å². The van der Waals surface area contributed by atoms with Crippen molar-refractivity contribution in [2.45, 2.75) is 30.9 Å². The van der Waals surface area contributed by atoms with Crippen LogP contribution >= 0.6 is 0 Å². The Labute approximate surface area is 105 Å². The number of sulfonamides is 1. The highest BCUT2D eigenvalue weighted by Crippen LogP contribution is 2.16. The van der Waals surface area contributed by atoms with Gasteiger partial charge in [0, 0.05) is 19.3 Å². The van der Waals surface area contributed by atoms with Gasteiger partial charge in [-0.15, -0.1) is 0 Å².